The minimum absolute atomic E-state index is 0.00899. The lowest BCUT2D eigenvalue weighted by Gasteiger charge is -2.19. The molecule has 18 heavy (non-hydrogen) atoms. The zero-order valence-electron chi connectivity index (χ0n) is 10.6. The summed E-state index contributed by atoms with van der Waals surface area (Å²) < 4.78 is 30.9. The second-order valence-electron chi connectivity index (χ2n) is 5.23. The quantitative estimate of drug-likeness (QED) is 0.859. The average Bonchev–Trinajstić information content (AvgIpc) is 2.57. The molecule has 0 saturated carbocycles. The predicted octanol–water partition coefficient (Wildman–Crippen LogP) is 2.47. The first-order chi connectivity index (χ1) is 8.37. The summed E-state index contributed by atoms with van der Waals surface area (Å²) >= 11 is 0. The standard InChI is InChI=1S/C13H18FNO2S/c1-13(2)6-5-10(17-13)8-18(16)12-4-3-9(14)7-11(12)15/h3-4,7,10H,5-6,8,15H2,1-2H3. The SMILES string of the molecule is CC1(C)CCC(CS(=O)c2ccc(F)cc2N)O1. The molecule has 2 atom stereocenters. The highest BCUT2D eigenvalue weighted by molar-refractivity contribution is 7.85. The Bertz CT molecular complexity index is 476. The van der Waals surface area contributed by atoms with Gasteiger partial charge in [-0.1, -0.05) is 0 Å². The van der Waals surface area contributed by atoms with Gasteiger partial charge in [-0.25, -0.2) is 4.39 Å². The number of anilines is 1. The maximum atomic E-state index is 12.9. The van der Waals surface area contributed by atoms with Crippen LogP contribution in [0.2, 0.25) is 0 Å². The van der Waals surface area contributed by atoms with Gasteiger partial charge in [-0.15, -0.1) is 0 Å². The van der Waals surface area contributed by atoms with Crippen LogP contribution in [0.15, 0.2) is 23.1 Å². The Hall–Kier alpha value is -0.940. The van der Waals surface area contributed by atoms with E-state index in [2.05, 4.69) is 0 Å². The topological polar surface area (TPSA) is 52.3 Å². The summed E-state index contributed by atoms with van der Waals surface area (Å²) in [7, 11) is -1.24. The molecule has 3 nitrogen and oxygen atoms in total. The van der Waals surface area contributed by atoms with E-state index in [4.69, 9.17) is 10.5 Å². The van der Waals surface area contributed by atoms with Crippen LogP contribution in [-0.4, -0.2) is 21.7 Å². The molecule has 0 amide bonds. The summed E-state index contributed by atoms with van der Waals surface area (Å²) in [5.41, 5.74) is 5.78. The van der Waals surface area contributed by atoms with Crippen LogP contribution < -0.4 is 5.73 Å². The number of nitrogen functional groups attached to an aromatic ring is 1. The monoisotopic (exact) mass is 271 g/mol. The first-order valence-electron chi connectivity index (χ1n) is 5.99. The van der Waals surface area contributed by atoms with Crippen molar-refractivity contribution < 1.29 is 13.3 Å². The van der Waals surface area contributed by atoms with Crippen molar-refractivity contribution in [1.82, 2.24) is 0 Å². The highest BCUT2D eigenvalue weighted by Gasteiger charge is 2.32. The Labute approximate surface area is 109 Å². The van der Waals surface area contributed by atoms with Crippen LogP contribution in [0.4, 0.5) is 10.1 Å². The normalized spacial score (nSPS) is 24.1. The lowest BCUT2D eigenvalue weighted by molar-refractivity contribution is -0.00498. The van der Waals surface area contributed by atoms with Crippen molar-refractivity contribution in [2.75, 3.05) is 11.5 Å². The first-order valence-corrected chi connectivity index (χ1v) is 7.30. The van der Waals surface area contributed by atoms with Crippen LogP contribution in [0.3, 0.4) is 0 Å². The number of halogens is 1. The van der Waals surface area contributed by atoms with Gasteiger partial charge in [-0.2, -0.15) is 0 Å². The highest BCUT2D eigenvalue weighted by atomic mass is 32.2. The number of benzene rings is 1. The van der Waals surface area contributed by atoms with Crippen LogP contribution in [-0.2, 0) is 15.5 Å². The molecule has 2 N–H and O–H groups in total. The van der Waals surface area contributed by atoms with Gasteiger partial charge in [0.15, 0.2) is 0 Å². The minimum Gasteiger partial charge on any atom is -0.398 e. The fourth-order valence-electron chi connectivity index (χ4n) is 2.18. The molecule has 0 aromatic heterocycles. The molecule has 0 spiro atoms. The van der Waals surface area contributed by atoms with E-state index in [1.165, 1.54) is 18.2 Å². The Morgan fingerprint density at radius 2 is 2.28 bits per heavy atom. The van der Waals surface area contributed by atoms with Gasteiger partial charge >= 0.3 is 0 Å². The van der Waals surface area contributed by atoms with E-state index >= 15 is 0 Å². The molecule has 2 rings (SSSR count). The van der Waals surface area contributed by atoms with E-state index in [-0.39, 0.29) is 17.4 Å². The molecule has 1 aromatic carbocycles. The van der Waals surface area contributed by atoms with Crippen LogP contribution in [0, 0.1) is 5.82 Å². The van der Waals surface area contributed by atoms with Crippen molar-refractivity contribution in [3.8, 4) is 0 Å². The van der Waals surface area contributed by atoms with Crippen molar-refractivity contribution >= 4 is 16.5 Å². The zero-order chi connectivity index (χ0) is 13.3. The summed E-state index contributed by atoms with van der Waals surface area (Å²) in [6.07, 6.45) is 1.86. The molecule has 100 valence electrons. The Morgan fingerprint density at radius 3 is 2.83 bits per heavy atom. The molecule has 0 bridgehead atoms. The van der Waals surface area contributed by atoms with Crippen LogP contribution in [0.5, 0.6) is 0 Å². The van der Waals surface area contributed by atoms with E-state index in [0.29, 0.717) is 10.6 Å². The molecular formula is C13H18FNO2S. The number of ether oxygens (including phenoxy) is 1. The maximum absolute atomic E-state index is 12.9. The summed E-state index contributed by atoms with van der Waals surface area (Å²) in [5, 5.41) is 0. The molecule has 1 heterocycles. The van der Waals surface area contributed by atoms with Crippen LogP contribution >= 0.6 is 0 Å². The van der Waals surface area contributed by atoms with Gasteiger partial charge in [-0.05, 0) is 44.9 Å². The Kier molecular flexibility index (Phi) is 3.73. The second kappa shape index (κ2) is 4.97. The van der Waals surface area contributed by atoms with E-state index in [9.17, 15) is 8.60 Å². The molecule has 0 aliphatic carbocycles. The molecule has 5 heteroatoms. The minimum atomic E-state index is -1.24. The van der Waals surface area contributed by atoms with Crippen molar-refractivity contribution in [3.05, 3.63) is 24.0 Å². The molecule has 1 saturated heterocycles. The Balaban J connectivity index is 2.04. The van der Waals surface area contributed by atoms with Gasteiger partial charge in [0.2, 0.25) is 0 Å². The van der Waals surface area contributed by atoms with Gasteiger partial charge in [0, 0.05) is 0 Å². The third-order valence-corrected chi connectivity index (χ3v) is 4.65. The molecule has 1 aliphatic heterocycles. The van der Waals surface area contributed by atoms with E-state index in [1.54, 1.807) is 0 Å². The predicted molar refractivity (Wildman–Crippen MR) is 70.3 cm³/mol. The molecule has 1 aromatic rings. The maximum Gasteiger partial charge on any atom is 0.125 e. The van der Waals surface area contributed by atoms with E-state index < -0.39 is 16.6 Å². The molecule has 1 aliphatic rings. The van der Waals surface area contributed by atoms with Gasteiger partial charge in [-0.3, -0.25) is 4.21 Å². The Morgan fingerprint density at radius 1 is 1.56 bits per heavy atom. The number of hydrogen-bond donors (Lipinski definition) is 1. The average molecular weight is 271 g/mol. The summed E-state index contributed by atoms with van der Waals surface area (Å²) in [6, 6.07) is 3.97. The molecular weight excluding hydrogens is 253 g/mol. The van der Waals surface area contributed by atoms with Crippen LogP contribution in [0.1, 0.15) is 26.7 Å². The smallest absolute Gasteiger partial charge is 0.125 e. The first kappa shape index (κ1) is 13.5. The fraction of sp³-hybridized carbons (Fsp3) is 0.538. The summed E-state index contributed by atoms with van der Waals surface area (Å²) in [5.74, 6) is 0.00529. The van der Waals surface area contributed by atoms with E-state index in [0.717, 1.165) is 12.8 Å². The van der Waals surface area contributed by atoms with Crippen molar-refractivity contribution in [2.45, 2.75) is 43.3 Å². The number of hydrogen-bond acceptors (Lipinski definition) is 3. The third kappa shape index (κ3) is 3.09. The van der Waals surface area contributed by atoms with E-state index in [1.807, 2.05) is 13.8 Å². The zero-order valence-corrected chi connectivity index (χ0v) is 11.4. The summed E-state index contributed by atoms with van der Waals surface area (Å²) in [6.45, 7) is 4.06. The van der Waals surface area contributed by atoms with Gasteiger partial charge in [0.25, 0.3) is 0 Å². The second-order valence-corrected chi connectivity index (χ2v) is 6.70. The number of rotatable bonds is 3. The van der Waals surface area contributed by atoms with Gasteiger partial charge in [0.05, 0.1) is 38.8 Å². The molecule has 2 unspecified atom stereocenters. The van der Waals surface area contributed by atoms with Crippen molar-refractivity contribution in [1.29, 1.82) is 0 Å². The molecule has 1 fully saturated rings. The lowest BCUT2D eigenvalue weighted by Crippen LogP contribution is -2.23. The van der Waals surface area contributed by atoms with Crippen molar-refractivity contribution in [3.63, 3.8) is 0 Å². The van der Waals surface area contributed by atoms with Gasteiger partial charge < -0.3 is 10.5 Å². The number of nitrogens with two attached hydrogens (primary N) is 1. The van der Waals surface area contributed by atoms with Crippen LogP contribution in [0.25, 0.3) is 0 Å². The fourth-order valence-corrected chi connectivity index (χ4v) is 3.47. The summed E-state index contributed by atoms with van der Waals surface area (Å²) in [4.78, 5) is 0.490. The van der Waals surface area contributed by atoms with Gasteiger partial charge in [0.1, 0.15) is 5.82 Å². The third-order valence-electron chi connectivity index (χ3n) is 3.11. The lowest BCUT2D eigenvalue weighted by atomic mass is 10.1. The largest absolute Gasteiger partial charge is 0.398 e. The van der Waals surface area contributed by atoms with Crippen molar-refractivity contribution in [2.24, 2.45) is 0 Å². The highest BCUT2D eigenvalue weighted by Crippen LogP contribution is 2.30. The molecule has 0 radical (unpaired) electrons.